The van der Waals surface area contributed by atoms with Crippen molar-refractivity contribution in [3.63, 3.8) is 0 Å². The Morgan fingerprint density at radius 3 is 2.74 bits per heavy atom. The first-order valence-electron chi connectivity index (χ1n) is 6.48. The molecule has 0 saturated carbocycles. The molecule has 2 rings (SSSR count). The minimum absolute atomic E-state index is 0.0858. The van der Waals surface area contributed by atoms with Gasteiger partial charge in [0.1, 0.15) is 6.04 Å². The van der Waals surface area contributed by atoms with Gasteiger partial charge < -0.3 is 15.0 Å². The normalized spacial score (nSPS) is 17.1. The number of nitrogens with zero attached hydrogens (tertiary/aromatic N) is 1. The van der Waals surface area contributed by atoms with Crippen molar-refractivity contribution in [1.29, 1.82) is 0 Å². The molecule has 104 valence electrons. The molecule has 1 aliphatic rings. The number of morpholine rings is 1. The van der Waals surface area contributed by atoms with Gasteiger partial charge in [0, 0.05) is 13.1 Å². The first-order chi connectivity index (χ1) is 9.09. The summed E-state index contributed by atoms with van der Waals surface area (Å²) in [7, 11) is 0. The fourth-order valence-electron chi connectivity index (χ4n) is 2.15. The summed E-state index contributed by atoms with van der Waals surface area (Å²) in [5, 5.41) is 3.85. The molecule has 5 heteroatoms. The Kier molecular flexibility index (Phi) is 4.66. The number of hydrogen-bond donors (Lipinski definition) is 1. The van der Waals surface area contributed by atoms with Crippen molar-refractivity contribution in [2.24, 2.45) is 0 Å². The van der Waals surface area contributed by atoms with E-state index in [9.17, 15) is 4.79 Å². The highest BCUT2D eigenvalue weighted by atomic mass is 35.5. The van der Waals surface area contributed by atoms with Crippen LogP contribution in [-0.4, -0.2) is 43.2 Å². The van der Waals surface area contributed by atoms with Crippen molar-refractivity contribution in [2.75, 3.05) is 31.6 Å². The molecule has 4 nitrogen and oxygen atoms in total. The minimum atomic E-state index is -0.295. The monoisotopic (exact) mass is 282 g/mol. The Morgan fingerprint density at radius 2 is 2.11 bits per heavy atom. The molecule has 1 saturated heterocycles. The molecule has 0 bridgehead atoms. The smallest absolute Gasteiger partial charge is 0.244 e. The summed E-state index contributed by atoms with van der Waals surface area (Å²) in [5.41, 5.74) is 1.87. The van der Waals surface area contributed by atoms with Gasteiger partial charge in [-0.3, -0.25) is 4.79 Å². The van der Waals surface area contributed by atoms with Crippen LogP contribution >= 0.6 is 11.6 Å². The SMILES string of the molecule is Cc1cccc(Cl)c1NC(C)C(=O)N1CCOCC1. The standard InChI is InChI=1S/C14H19ClN2O2/c1-10-4-3-5-12(15)13(10)16-11(2)14(18)17-6-8-19-9-7-17/h3-5,11,16H,6-9H2,1-2H3. The Hall–Kier alpha value is -1.26. The molecule has 1 heterocycles. The second-order valence-corrected chi connectivity index (χ2v) is 5.14. The highest BCUT2D eigenvalue weighted by Crippen LogP contribution is 2.26. The minimum Gasteiger partial charge on any atom is -0.378 e. The zero-order valence-corrected chi connectivity index (χ0v) is 12.0. The molecule has 1 fully saturated rings. The number of carbonyl (C=O) groups excluding carboxylic acids is 1. The van der Waals surface area contributed by atoms with Crippen LogP contribution in [0.3, 0.4) is 0 Å². The Bertz CT molecular complexity index is 439. The molecule has 0 spiro atoms. The Labute approximate surface area is 118 Å². The fraction of sp³-hybridized carbons (Fsp3) is 0.500. The number of ether oxygens (including phenoxy) is 1. The number of aryl methyl sites for hydroxylation is 1. The van der Waals surface area contributed by atoms with Gasteiger partial charge in [-0.1, -0.05) is 23.7 Å². The third kappa shape index (κ3) is 3.39. The number of rotatable bonds is 3. The zero-order valence-electron chi connectivity index (χ0n) is 11.3. The molecule has 1 amide bonds. The van der Waals surface area contributed by atoms with Crippen molar-refractivity contribution in [2.45, 2.75) is 19.9 Å². The maximum Gasteiger partial charge on any atom is 0.244 e. The maximum absolute atomic E-state index is 12.3. The van der Waals surface area contributed by atoms with Gasteiger partial charge in [0.25, 0.3) is 0 Å². The van der Waals surface area contributed by atoms with E-state index in [1.54, 1.807) is 0 Å². The van der Waals surface area contributed by atoms with E-state index in [0.717, 1.165) is 11.3 Å². The van der Waals surface area contributed by atoms with Crippen molar-refractivity contribution < 1.29 is 9.53 Å². The van der Waals surface area contributed by atoms with Gasteiger partial charge in [0.2, 0.25) is 5.91 Å². The van der Waals surface area contributed by atoms with E-state index in [-0.39, 0.29) is 11.9 Å². The van der Waals surface area contributed by atoms with Crippen LogP contribution in [0.15, 0.2) is 18.2 Å². The fourth-order valence-corrected chi connectivity index (χ4v) is 2.43. The van der Waals surface area contributed by atoms with Crippen LogP contribution in [0.4, 0.5) is 5.69 Å². The lowest BCUT2D eigenvalue weighted by Gasteiger charge is -2.30. The number of hydrogen-bond acceptors (Lipinski definition) is 3. The number of nitrogens with one attached hydrogen (secondary N) is 1. The van der Waals surface area contributed by atoms with Gasteiger partial charge in [0.15, 0.2) is 0 Å². The summed E-state index contributed by atoms with van der Waals surface area (Å²) in [6.07, 6.45) is 0. The summed E-state index contributed by atoms with van der Waals surface area (Å²) in [6, 6.07) is 5.40. The average Bonchev–Trinajstić information content (AvgIpc) is 2.43. The molecule has 19 heavy (non-hydrogen) atoms. The van der Waals surface area contributed by atoms with Crippen LogP contribution in [-0.2, 0) is 9.53 Å². The molecular weight excluding hydrogens is 264 g/mol. The second kappa shape index (κ2) is 6.26. The number of benzene rings is 1. The van der Waals surface area contributed by atoms with E-state index in [4.69, 9.17) is 16.3 Å². The predicted molar refractivity (Wildman–Crippen MR) is 76.7 cm³/mol. The quantitative estimate of drug-likeness (QED) is 0.925. The molecule has 1 atom stereocenters. The molecule has 0 aromatic heterocycles. The number of para-hydroxylation sites is 1. The molecular formula is C14H19ClN2O2. The molecule has 0 radical (unpaired) electrons. The molecule has 1 N–H and O–H groups in total. The van der Waals surface area contributed by atoms with Crippen LogP contribution < -0.4 is 5.32 Å². The lowest BCUT2D eigenvalue weighted by molar-refractivity contribution is -0.135. The molecule has 1 aromatic carbocycles. The van der Waals surface area contributed by atoms with Crippen LogP contribution in [0.25, 0.3) is 0 Å². The van der Waals surface area contributed by atoms with Gasteiger partial charge in [-0.15, -0.1) is 0 Å². The van der Waals surface area contributed by atoms with Gasteiger partial charge in [-0.05, 0) is 25.5 Å². The second-order valence-electron chi connectivity index (χ2n) is 4.74. The van der Waals surface area contributed by atoms with E-state index in [1.807, 2.05) is 36.9 Å². The number of carbonyl (C=O) groups is 1. The van der Waals surface area contributed by atoms with Crippen molar-refractivity contribution in [3.8, 4) is 0 Å². The molecule has 1 aliphatic heterocycles. The van der Waals surface area contributed by atoms with Crippen LogP contribution in [0.1, 0.15) is 12.5 Å². The third-order valence-electron chi connectivity index (χ3n) is 3.28. The van der Waals surface area contributed by atoms with Gasteiger partial charge in [0.05, 0.1) is 23.9 Å². The summed E-state index contributed by atoms with van der Waals surface area (Å²) in [5.74, 6) is 0.0858. The van der Waals surface area contributed by atoms with E-state index in [1.165, 1.54) is 0 Å². The summed E-state index contributed by atoms with van der Waals surface area (Å²) < 4.78 is 5.25. The Balaban J connectivity index is 2.03. The van der Waals surface area contributed by atoms with Crippen LogP contribution in [0, 0.1) is 6.92 Å². The average molecular weight is 283 g/mol. The lowest BCUT2D eigenvalue weighted by atomic mass is 10.1. The molecule has 1 unspecified atom stereocenters. The predicted octanol–water partition coefficient (Wildman–Crippen LogP) is 2.31. The highest BCUT2D eigenvalue weighted by Gasteiger charge is 2.23. The zero-order chi connectivity index (χ0) is 13.8. The van der Waals surface area contributed by atoms with Crippen LogP contribution in [0.2, 0.25) is 5.02 Å². The topological polar surface area (TPSA) is 41.6 Å². The number of amides is 1. The van der Waals surface area contributed by atoms with E-state index < -0.39 is 0 Å². The first kappa shape index (κ1) is 14.2. The molecule has 1 aromatic rings. The summed E-state index contributed by atoms with van der Waals surface area (Å²) in [4.78, 5) is 14.1. The van der Waals surface area contributed by atoms with Crippen molar-refractivity contribution >= 4 is 23.2 Å². The van der Waals surface area contributed by atoms with Gasteiger partial charge in [-0.25, -0.2) is 0 Å². The van der Waals surface area contributed by atoms with Crippen molar-refractivity contribution in [3.05, 3.63) is 28.8 Å². The molecule has 0 aliphatic carbocycles. The third-order valence-corrected chi connectivity index (χ3v) is 3.59. The van der Waals surface area contributed by atoms with Gasteiger partial charge >= 0.3 is 0 Å². The number of halogens is 1. The number of anilines is 1. The van der Waals surface area contributed by atoms with Gasteiger partial charge in [-0.2, -0.15) is 0 Å². The van der Waals surface area contributed by atoms with Crippen molar-refractivity contribution in [1.82, 2.24) is 4.90 Å². The van der Waals surface area contributed by atoms with E-state index >= 15 is 0 Å². The van der Waals surface area contributed by atoms with Crippen LogP contribution in [0.5, 0.6) is 0 Å². The highest BCUT2D eigenvalue weighted by molar-refractivity contribution is 6.33. The largest absolute Gasteiger partial charge is 0.378 e. The first-order valence-corrected chi connectivity index (χ1v) is 6.85. The Morgan fingerprint density at radius 1 is 1.42 bits per heavy atom. The van der Waals surface area contributed by atoms with E-state index in [0.29, 0.717) is 31.3 Å². The maximum atomic E-state index is 12.3. The van der Waals surface area contributed by atoms with E-state index in [2.05, 4.69) is 5.32 Å². The lowest BCUT2D eigenvalue weighted by Crippen LogP contribution is -2.47. The summed E-state index contributed by atoms with van der Waals surface area (Å²) >= 11 is 6.16. The summed E-state index contributed by atoms with van der Waals surface area (Å²) in [6.45, 7) is 6.38.